The lowest BCUT2D eigenvalue weighted by molar-refractivity contribution is 0.0873. The second-order valence-corrected chi connectivity index (χ2v) is 5.06. The Morgan fingerprint density at radius 2 is 2.13 bits per heavy atom. The fourth-order valence-corrected chi connectivity index (χ4v) is 2.26. The van der Waals surface area contributed by atoms with Crippen LogP contribution in [0.2, 0.25) is 0 Å². The van der Waals surface area contributed by atoms with Gasteiger partial charge in [0.2, 0.25) is 0 Å². The number of hydrogen-bond acceptors (Lipinski definition) is 2. The lowest BCUT2D eigenvalue weighted by atomic mass is 9.98. The smallest absolute Gasteiger partial charge is 0.0240 e. The maximum Gasteiger partial charge on any atom is 0.0240 e. The van der Waals surface area contributed by atoms with E-state index in [1.165, 1.54) is 0 Å². The average molecular weight is 208 g/mol. The zero-order valence-corrected chi connectivity index (χ0v) is 10.5. The monoisotopic (exact) mass is 208 g/mol. The molecule has 3 atom stereocenters. The van der Waals surface area contributed by atoms with Crippen LogP contribution < -0.4 is 5.32 Å². The van der Waals surface area contributed by atoms with Gasteiger partial charge < -0.3 is 5.32 Å². The van der Waals surface area contributed by atoms with Gasteiger partial charge in [0, 0.05) is 37.6 Å². The summed E-state index contributed by atoms with van der Waals surface area (Å²) >= 11 is 0. The summed E-state index contributed by atoms with van der Waals surface area (Å²) in [5, 5.41) is 3.60. The van der Waals surface area contributed by atoms with Crippen LogP contribution in [-0.4, -0.2) is 36.1 Å². The highest BCUT2D eigenvalue weighted by molar-refractivity contribution is 4.94. The van der Waals surface area contributed by atoms with E-state index in [1.54, 1.807) is 0 Å². The second-order valence-electron chi connectivity index (χ2n) is 5.06. The van der Waals surface area contributed by atoms with Gasteiger partial charge in [0.1, 0.15) is 0 Å². The number of rotatable bonds is 3. The van der Waals surface area contributed by atoms with Crippen LogP contribution in [0.15, 0.2) is 0 Å². The van der Waals surface area contributed by atoms with Crippen molar-refractivity contribution in [2.75, 3.05) is 13.1 Å². The fraction of sp³-hybridized carbons (Fsp3) is 0.846. The van der Waals surface area contributed by atoms with E-state index in [2.05, 4.69) is 43.8 Å². The van der Waals surface area contributed by atoms with Crippen molar-refractivity contribution >= 4 is 0 Å². The molecule has 2 heteroatoms. The quantitative estimate of drug-likeness (QED) is 0.710. The van der Waals surface area contributed by atoms with Crippen molar-refractivity contribution in [1.29, 1.82) is 0 Å². The van der Waals surface area contributed by atoms with E-state index >= 15 is 0 Å². The third-order valence-electron chi connectivity index (χ3n) is 3.43. The van der Waals surface area contributed by atoms with Gasteiger partial charge in [0.25, 0.3) is 0 Å². The number of nitrogens with zero attached hydrogens (tertiary/aromatic N) is 1. The van der Waals surface area contributed by atoms with Crippen LogP contribution in [0, 0.1) is 18.3 Å². The van der Waals surface area contributed by atoms with Crippen molar-refractivity contribution in [3.63, 3.8) is 0 Å². The molecular weight excluding hydrogens is 184 g/mol. The van der Waals surface area contributed by atoms with Gasteiger partial charge >= 0.3 is 0 Å². The summed E-state index contributed by atoms with van der Waals surface area (Å²) in [6, 6.07) is 1.72. The summed E-state index contributed by atoms with van der Waals surface area (Å²) in [5.41, 5.74) is 0. The summed E-state index contributed by atoms with van der Waals surface area (Å²) in [7, 11) is 0. The van der Waals surface area contributed by atoms with Gasteiger partial charge in [-0.2, -0.15) is 0 Å². The molecule has 86 valence electrons. The Bertz CT molecular complexity index is 229. The molecule has 0 aliphatic carbocycles. The van der Waals surface area contributed by atoms with Crippen LogP contribution in [-0.2, 0) is 0 Å². The Labute approximate surface area is 94.4 Å². The zero-order chi connectivity index (χ0) is 11.4. The first-order chi connectivity index (χ1) is 7.06. The Kier molecular flexibility index (Phi) is 4.63. The van der Waals surface area contributed by atoms with Crippen molar-refractivity contribution in [3.05, 3.63) is 0 Å². The lowest BCUT2D eigenvalue weighted by Crippen LogP contribution is -2.59. The van der Waals surface area contributed by atoms with E-state index in [1.807, 2.05) is 0 Å². The number of nitrogens with one attached hydrogen (secondary N) is 1. The maximum absolute atomic E-state index is 5.38. The van der Waals surface area contributed by atoms with Gasteiger partial charge in [-0.25, -0.2) is 0 Å². The van der Waals surface area contributed by atoms with Crippen LogP contribution in [0.25, 0.3) is 0 Å². The Morgan fingerprint density at radius 3 is 2.67 bits per heavy atom. The number of terminal acetylenes is 1. The third-order valence-corrected chi connectivity index (χ3v) is 3.43. The molecule has 1 fully saturated rings. The van der Waals surface area contributed by atoms with Crippen LogP contribution >= 0.6 is 0 Å². The minimum Gasteiger partial charge on any atom is -0.311 e. The van der Waals surface area contributed by atoms with E-state index in [9.17, 15) is 0 Å². The van der Waals surface area contributed by atoms with E-state index in [4.69, 9.17) is 6.42 Å². The van der Waals surface area contributed by atoms with Gasteiger partial charge in [-0.15, -0.1) is 12.3 Å². The molecule has 0 bridgehead atoms. The molecule has 0 aromatic heterocycles. The van der Waals surface area contributed by atoms with E-state index in [0.29, 0.717) is 24.0 Å². The molecule has 1 N–H and O–H groups in total. The Balaban J connectivity index is 2.57. The molecule has 0 radical (unpaired) electrons. The Morgan fingerprint density at radius 1 is 1.47 bits per heavy atom. The highest BCUT2D eigenvalue weighted by Crippen LogP contribution is 2.16. The summed E-state index contributed by atoms with van der Waals surface area (Å²) in [5.74, 6) is 3.46. The Hall–Kier alpha value is -0.520. The fourth-order valence-electron chi connectivity index (χ4n) is 2.26. The molecule has 0 aromatic rings. The molecule has 1 rings (SSSR count). The highest BCUT2D eigenvalue weighted by atomic mass is 15.2. The molecule has 1 saturated heterocycles. The van der Waals surface area contributed by atoms with E-state index < -0.39 is 0 Å². The predicted octanol–water partition coefficient (Wildman–Crippen LogP) is 1.72. The minimum atomic E-state index is 0.508. The molecule has 15 heavy (non-hydrogen) atoms. The molecule has 0 saturated carbocycles. The highest BCUT2D eigenvalue weighted by Gasteiger charge is 2.29. The van der Waals surface area contributed by atoms with Crippen molar-refractivity contribution in [2.24, 2.45) is 5.92 Å². The van der Waals surface area contributed by atoms with Crippen LogP contribution in [0.5, 0.6) is 0 Å². The van der Waals surface area contributed by atoms with Crippen molar-refractivity contribution in [1.82, 2.24) is 10.2 Å². The first-order valence-electron chi connectivity index (χ1n) is 5.98. The number of hydrogen-bond donors (Lipinski definition) is 1. The molecule has 3 unspecified atom stereocenters. The second kappa shape index (κ2) is 5.53. The van der Waals surface area contributed by atoms with Crippen LogP contribution in [0.1, 0.15) is 34.1 Å². The first-order valence-corrected chi connectivity index (χ1v) is 5.98. The molecule has 0 aromatic carbocycles. The maximum atomic E-state index is 5.38. The molecule has 0 spiro atoms. The molecule has 1 aliphatic heterocycles. The molecule has 1 aliphatic rings. The van der Waals surface area contributed by atoms with Crippen molar-refractivity contribution in [3.8, 4) is 12.3 Å². The zero-order valence-electron chi connectivity index (χ0n) is 10.5. The van der Waals surface area contributed by atoms with Gasteiger partial charge in [-0.05, 0) is 19.8 Å². The molecule has 2 nitrogen and oxygen atoms in total. The summed E-state index contributed by atoms with van der Waals surface area (Å²) in [6.45, 7) is 11.3. The van der Waals surface area contributed by atoms with E-state index in [0.717, 1.165) is 19.5 Å². The van der Waals surface area contributed by atoms with Crippen molar-refractivity contribution in [2.45, 2.75) is 52.2 Å². The lowest BCUT2D eigenvalue weighted by Gasteiger charge is -2.43. The van der Waals surface area contributed by atoms with Crippen molar-refractivity contribution < 1.29 is 0 Å². The summed E-state index contributed by atoms with van der Waals surface area (Å²) in [4.78, 5) is 2.54. The first kappa shape index (κ1) is 12.5. The predicted molar refractivity (Wildman–Crippen MR) is 65.7 cm³/mol. The van der Waals surface area contributed by atoms with Gasteiger partial charge in [0.05, 0.1) is 0 Å². The standard InChI is InChI=1S/C13H24N2/c1-6-7-11(4)15-9-13(10(2)3)14-8-12(15)5/h1,10-14H,7-9H2,2-5H3. The topological polar surface area (TPSA) is 15.3 Å². The summed E-state index contributed by atoms with van der Waals surface area (Å²) in [6.07, 6.45) is 6.24. The SMILES string of the molecule is C#CCC(C)N1CC(C(C)C)NCC1C. The number of piperazine rings is 1. The largest absolute Gasteiger partial charge is 0.311 e. The normalized spacial score (nSPS) is 30.1. The minimum absolute atomic E-state index is 0.508. The molecule has 0 amide bonds. The van der Waals surface area contributed by atoms with Gasteiger partial charge in [-0.1, -0.05) is 13.8 Å². The molecular formula is C13H24N2. The summed E-state index contributed by atoms with van der Waals surface area (Å²) < 4.78 is 0. The van der Waals surface area contributed by atoms with E-state index in [-0.39, 0.29) is 0 Å². The van der Waals surface area contributed by atoms with Crippen LogP contribution in [0.4, 0.5) is 0 Å². The van der Waals surface area contributed by atoms with Gasteiger partial charge in [0.15, 0.2) is 0 Å². The third kappa shape index (κ3) is 3.22. The van der Waals surface area contributed by atoms with Gasteiger partial charge in [-0.3, -0.25) is 4.90 Å². The molecule has 1 heterocycles. The van der Waals surface area contributed by atoms with Crippen LogP contribution in [0.3, 0.4) is 0 Å². The average Bonchev–Trinajstić information content (AvgIpc) is 2.18.